The molecule has 4 heteroatoms. The summed E-state index contributed by atoms with van der Waals surface area (Å²) in [4.78, 5) is 6.26. The van der Waals surface area contributed by atoms with Gasteiger partial charge in [0.2, 0.25) is 0 Å². The number of pyridine rings is 1. The molecule has 1 aromatic carbocycles. The lowest BCUT2D eigenvalue weighted by molar-refractivity contribution is 0.277. The van der Waals surface area contributed by atoms with Crippen LogP contribution in [0.15, 0.2) is 42.5 Å². The molecular formula is C14H15FN2O. The van der Waals surface area contributed by atoms with E-state index >= 15 is 0 Å². The molecule has 1 aromatic heterocycles. The van der Waals surface area contributed by atoms with Gasteiger partial charge >= 0.3 is 0 Å². The zero-order valence-electron chi connectivity index (χ0n) is 10.2. The zero-order chi connectivity index (χ0) is 13.0. The minimum Gasteiger partial charge on any atom is -0.390 e. The SMILES string of the molecule is CN(Cc1ccc(F)cc1)c1cccc(CO)n1. The van der Waals surface area contributed by atoms with Crippen LogP contribution in [-0.4, -0.2) is 17.1 Å². The maximum Gasteiger partial charge on any atom is 0.128 e. The lowest BCUT2D eigenvalue weighted by atomic mass is 10.2. The second-order valence-corrected chi connectivity index (χ2v) is 4.13. The number of aliphatic hydroxyl groups excluding tert-OH is 1. The van der Waals surface area contributed by atoms with Crippen molar-refractivity contribution in [3.8, 4) is 0 Å². The minimum atomic E-state index is -0.234. The van der Waals surface area contributed by atoms with E-state index in [1.165, 1.54) is 12.1 Å². The van der Waals surface area contributed by atoms with Crippen LogP contribution in [0.2, 0.25) is 0 Å². The summed E-state index contributed by atoms with van der Waals surface area (Å²) in [6.07, 6.45) is 0. The molecule has 0 amide bonds. The Morgan fingerprint density at radius 3 is 2.56 bits per heavy atom. The standard InChI is InChI=1S/C14H15FN2O/c1-17(9-11-5-7-12(15)8-6-11)14-4-2-3-13(10-18)16-14/h2-8,18H,9-10H2,1H3. The number of anilines is 1. The predicted octanol–water partition coefficient (Wildman–Crippen LogP) is 2.35. The van der Waals surface area contributed by atoms with E-state index in [0.29, 0.717) is 12.2 Å². The van der Waals surface area contributed by atoms with Gasteiger partial charge in [-0.05, 0) is 29.8 Å². The first-order chi connectivity index (χ1) is 8.69. The largest absolute Gasteiger partial charge is 0.390 e. The highest BCUT2D eigenvalue weighted by molar-refractivity contribution is 5.39. The molecule has 1 N–H and O–H groups in total. The highest BCUT2D eigenvalue weighted by atomic mass is 19.1. The molecule has 0 aliphatic rings. The zero-order valence-corrected chi connectivity index (χ0v) is 10.2. The van der Waals surface area contributed by atoms with Crippen LogP contribution in [0, 0.1) is 5.82 Å². The fourth-order valence-electron chi connectivity index (χ4n) is 1.71. The molecule has 0 saturated heterocycles. The van der Waals surface area contributed by atoms with Gasteiger partial charge in [0.25, 0.3) is 0 Å². The number of rotatable bonds is 4. The number of hydrogen-bond donors (Lipinski definition) is 1. The lowest BCUT2D eigenvalue weighted by Crippen LogP contribution is -2.18. The topological polar surface area (TPSA) is 36.4 Å². The van der Waals surface area contributed by atoms with E-state index in [9.17, 15) is 4.39 Å². The van der Waals surface area contributed by atoms with Gasteiger partial charge < -0.3 is 10.0 Å². The minimum absolute atomic E-state index is 0.0712. The van der Waals surface area contributed by atoms with Gasteiger partial charge in [-0.3, -0.25) is 0 Å². The summed E-state index contributed by atoms with van der Waals surface area (Å²) in [5.74, 6) is 0.549. The Labute approximate surface area is 106 Å². The summed E-state index contributed by atoms with van der Waals surface area (Å²) in [5.41, 5.74) is 1.65. The third kappa shape index (κ3) is 3.05. The van der Waals surface area contributed by atoms with Crippen LogP contribution < -0.4 is 4.90 Å². The van der Waals surface area contributed by atoms with E-state index in [-0.39, 0.29) is 12.4 Å². The smallest absolute Gasteiger partial charge is 0.128 e. The number of halogens is 1. The molecule has 0 bridgehead atoms. The van der Waals surface area contributed by atoms with Gasteiger partial charge in [0.15, 0.2) is 0 Å². The second-order valence-electron chi connectivity index (χ2n) is 4.13. The molecule has 1 heterocycles. The van der Waals surface area contributed by atoms with Crippen LogP contribution in [-0.2, 0) is 13.2 Å². The number of hydrogen-bond acceptors (Lipinski definition) is 3. The van der Waals surface area contributed by atoms with Crippen LogP contribution >= 0.6 is 0 Å². The Morgan fingerprint density at radius 1 is 1.17 bits per heavy atom. The summed E-state index contributed by atoms with van der Waals surface area (Å²) in [7, 11) is 1.91. The molecule has 94 valence electrons. The average Bonchev–Trinajstić information content (AvgIpc) is 2.41. The van der Waals surface area contributed by atoms with E-state index in [1.54, 1.807) is 18.2 Å². The molecule has 0 saturated carbocycles. The molecule has 0 radical (unpaired) electrons. The first-order valence-electron chi connectivity index (χ1n) is 5.71. The fourth-order valence-corrected chi connectivity index (χ4v) is 1.71. The Balaban J connectivity index is 2.11. The van der Waals surface area contributed by atoms with Gasteiger partial charge in [-0.2, -0.15) is 0 Å². The van der Waals surface area contributed by atoms with E-state index in [2.05, 4.69) is 4.98 Å². The van der Waals surface area contributed by atoms with Crippen LogP contribution in [0.4, 0.5) is 10.2 Å². The van der Waals surface area contributed by atoms with Gasteiger partial charge in [0, 0.05) is 13.6 Å². The van der Waals surface area contributed by atoms with Crippen molar-refractivity contribution in [1.29, 1.82) is 0 Å². The second kappa shape index (κ2) is 5.60. The van der Waals surface area contributed by atoms with Gasteiger partial charge in [0.05, 0.1) is 12.3 Å². The van der Waals surface area contributed by atoms with Crippen molar-refractivity contribution in [2.24, 2.45) is 0 Å². The maximum atomic E-state index is 12.8. The third-order valence-electron chi connectivity index (χ3n) is 2.68. The Kier molecular flexibility index (Phi) is 3.89. The molecular weight excluding hydrogens is 231 g/mol. The normalized spacial score (nSPS) is 10.4. The molecule has 0 fully saturated rings. The molecule has 0 spiro atoms. The Morgan fingerprint density at radius 2 is 1.89 bits per heavy atom. The van der Waals surface area contributed by atoms with Crippen molar-refractivity contribution in [3.63, 3.8) is 0 Å². The molecule has 18 heavy (non-hydrogen) atoms. The molecule has 0 atom stereocenters. The van der Waals surface area contributed by atoms with Crippen molar-refractivity contribution in [2.45, 2.75) is 13.2 Å². The Hall–Kier alpha value is -1.94. The van der Waals surface area contributed by atoms with Crippen molar-refractivity contribution in [1.82, 2.24) is 4.98 Å². The maximum absolute atomic E-state index is 12.8. The van der Waals surface area contributed by atoms with Gasteiger partial charge in [-0.1, -0.05) is 18.2 Å². The van der Waals surface area contributed by atoms with Crippen LogP contribution in [0.3, 0.4) is 0 Å². The van der Waals surface area contributed by atoms with Gasteiger partial charge in [-0.15, -0.1) is 0 Å². The summed E-state index contributed by atoms with van der Waals surface area (Å²) in [6.45, 7) is 0.570. The summed E-state index contributed by atoms with van der Waals surface area (Å²) in [5, 5.41) is 9.04. The van der Waals surface area contributed by atoms with Crippen molar-refractivity contribution in [2.75, 3.05) is 11.9 Å². The first-order valence-corrected chi connectivity index (χ1v) is 5.71. The number of aliphatic hydroxyl groups is 1. The molecule has 0 unspecified atom stereocenters. The highest BCUT2D eigenvalue weighted by Gasteiger charge is 2.04. The average molecular weight is 246 g/mol. The van der Waals surface area contributed by atoms with Crippen LogP contribution in [0.25, 0.3) is 0 Å². The molecule has 2 rings (SSSR count). The molecule has 0 aliphatic heterocycles. The monoisotopic (exact) mass is 246 g/mol. The van der Waals surface area contributed by atoms with E-state index < -0.39 is 0 Å². The third-order valence-corrected chi connectivity index (χ3v) is 2.68. The van der Waals surface area contributed by atoms with Crippen LogP contribution in [0.1, 0.15) is 11.3 Å². The summed E-state index contributed by atoms with van der Waals surface area (Å²) in [6, 6.07) is 11.9. The first kappa shape index (κ1) is 12.5. The van der Waals surface area contributed by atoms with Gasteiger partial charge in [-0.25, -0.2) is 9.37 Å². The van der Waals surface area contributed by atoms with Crippen LogP contribution in [0.5, 0.6) is 0 Å². The molecule has 3 nitrogen and oxygen atoms in total. The van der Waals surface area contributed by atoms with Crippen molar-refractivity contribution < 1.29 is 9.50 Å². The highest BCUT2D eigenvalue weighted by Crippen LogP contribution is 2.13. The quantitative estimate of drug-likeness (QED) is 0.899. The van der Waals surface area contributed by atoms with E-state index in [0.717, 1.165) is 11.4 Å². The van der Waals surface area contributed by atoms with Crippen molar-refractivity contribution in [3.05, 3.63) is 59.5 Å². The molecule has 2 aromatic rings. The molecule has 0 aliphatic carbocycles. The lowest BCUT2D eigenvalue weighted by Gasteiger charge is -2.18. The number of aromatic nitrogens is 1. The summed E-state index contributed by atoms with van der Waals surface area (Å²) >= 11 is 0. The number of nitrogens with zero attached hydrogens (tertiary/aromatic N) is 2. The van der Waals surface area contributed by atoms with Gasteiger partial charge in [0.1, 0.15) is 11.6 Å². The fraction of sp³-hybridized carbons (Fsp3) is 0.214. The predicted molar refractivity (Wildman–Crippen MR) is 68.7 cm³/mol. The van der Waals surface area contributed by atoms with Crippen molar-refractivity contribution >= 4 is 5.82 Å². The van der Waals surface area contributed by atoms with E-state index in [4.69, 9.17) is 5.11 Å². The summed E-state index contributed by atoms with van der Waals surface area (Å²) < 4.78 is 12.8. The Bertz CT molecular complexity index is 513. The van der Waals surface area contributed by atoms with E-state index in [1.807, 2.05) is 24.1 Å². The number of benzene rings is 1.